The van der Waals surface area contributed by atoms with E-state index in [4.69, 9.17) is 0 Å². The molecule has 2 aliphatic carbocycles. The monoisotopic (exact) mass is 716 g/mol. The number of rotatable bonds is 4. The SMILES string of the molecule is Cl.Cl.[SiH2]=[Hf]([c]1ccccc1)([c]1ccccc1)([c]1cccc2c1Cc1ccccc1-2)[CH]1C=Cc2ccccc21. The number of fused-ring (bicyclic) bond motifs is 4. The van der Waals surface area contributed by atoms with Crippen LogP contribution >= 0.6 is 24.8 Å². The van der Waals surface area contributed by atoms with Crippen LogP contribution in [0.3, 0.4) is 0 Å². The minimum atomic E-state index is -4.51. The van der Waals surface area contributed by atoms with Crippen molar-refractivity contribution in [1.29, 1.82) is 0 Å². The van der Waals surface area contributed by atoms with Gasteiger partial charge in [-0.15, -0.1) is 24.8 Å². The fraction of sp³-hybridized carbons (Fsp3) is 0.0588. The van der Waals surface area contributed by atoms with E-state index in [0.29, 0.717) is 3.67 Å². The molecule has 0 heterocycles. The average Bonchev–Trinajstić information content (AvgIpc) is 3.56. The Morgan fingerprint density at radius 3 is 1.87 bits per heavy atom. The molecule has 5 aromatic rings. The number of allylic oxidation sites excluding steroid dienone is 1. The number of hydrogen-bond donors (Lipinski definition) is 0. The van der Waals surface area contributed by atoms with Gasteiger partial charge in [-0.25, -0.2) is 0 Å². The molecule has 188 valence electrons. The molecule has 0 fully saturated rings. The molecule has 38 heavy (non-hydrogen) atoms. The Bertz CT molecular complexity index is 1680. The van der Waals surface area contributed by atoms with E-state index in [-0.39, 0.29) is 24.8 Å². The van der Waals surface area contributed by atoms with Gasteiger partial charge >= 0.3 is 217 Å². The topological polar surface area (TPSA) is 0 Å². The van der Waals surface area contributed by atoms with Gasteiger partial charge in [0.1, 0.15) is 0 Å². The molecule has 0 bridgehead atoms. The van der Waals surface area contributed by atoms with Gasteiger partial charge in [-0.3, -0.25) is 0 Å². The summed E-state index contributed by atoms with van der Waals surface area (Å²) < 4.78 is 5.10. The Labute approximate surface area is 240 Å². The van der Waals surface area contributed by atoms with Gasteiger partial charge in [0.05, 0.1) is 0 Å². The van der Waals surface area contributed by atoms with Crippen LogP contribution in [0.1, 0.15) is 25.9 Å². The zero-order valence-corrected chi connectivity index (χ0v) is 27.7. The predicted octanol–water partition coefficient (Wildman–Crippen LogP) is 6.38. The van der Waals surface area contributed by atoms with Crippen molar-refractivity contribution in [3.63, 3.8) is 0 Å². The molecule has 1 unspecified atom stereocenters. The first-order valence-corrected chi connectivity index (χ1v) is 28.6. The first-order chi connectivity index (χ1) is 17.7. The third-order valence-corrected chi connectivity index (χ3v) is 46.9. The van der Waals surface area contributed by atoms with Crippen molar-refractivity contribution in [1.82, 2.24) is 0 Å². The summed E-state index contributed by atoms with van der Waals surface area (Å²) in [5.41, 5.74) is 8.71. The van der Waals surface area contributed by atoms with Gasteiger partial charge in [-0.05, 0) is 0 Å². The fourth-order valence-electron chi connectivity index (χ4n) is 7.14. The summed E-state index contributed by atoms with van der Waals surface area (Å²) in [4.78, 5) is 0. The third kappa shape index (κ3) is 3.65. The minimum absolute atomic E-state index is 0. The van der Waals surface area contributed by atoms with Gasteiger partial charge in [-0.2, -0.15) is 0 Å². The molecular formula is C34H30Cl2HfSi. The van der Waals surface area contributed by atoms with Crippen LogP contribution in [0, 0.1) is 0 Å². The summed E-state index contributed by atoms with van der Waals surface area (Å²) in [7, 11) is 0. The zero-order chi connectivity index (χ0) is 24.2. The van der Waals surface area contributed by atoms with E-state index in [1.807, 2.05) is 0 Å². The van der Waals surface area contributed by atoms with Crippen LogP contribution in [0.2, 0.25) is 0 Å². The molecule has 0 saturated carbocycles. The molecule has 4 heteroatoms. The molecule has 1 atom stereocenters. The van der Waals surface area contributed by atoms with E-state index in [0.717, 1.165) is 6.42 Å². The maximum absolute atomic E-state index is 4.51. The van der Waals surface area contributed by atoms with Crippen LogP contribution in [0.25, 0.3) is 17.2 Å². The Morgan fingerprint density at radius 1 is 0.579 bits per heavy atom. The fourth-order valence-corrected chi connectivity index (χ4v) is 41.0. The normalized spacial score (nSPS) is 15.0. The van der Waals surface area contributed by atoms with Crippen molar-refractivity contribution < 1.29 is 17.1 Å². The number of halogens is 2. The van der Waals surface area contributed by atoms with Gasteiger partial charge < -0.3 is 0 Å². The second-order valence-electron chi connectivity index (χ2n) is 10.4. The van der Waals surface area contributed by atoms with E-state index in [9.17, 15) is 0 Å². The molecule has 0 amide bonds. The molecule has 0 spiro atoms. The van der Waals surface area contributed by atoms with Crippen LogP contribution in [0.15, 0.2) is 133 Å². The summed E-state index contributed by atoms with van der Waals surface area (Å²) in [5, 5.41) is 0. The van der Waals surface area contributed by atoms with Gasteiger partial charge in [0.2, 0.25) is 0 Å². The Balaban J connectivity index is 0.00000147. The van der Waals surface area contributed by atoms with Crippen molar-refractivity contribution in [3.05, 3.63) is 156 Å². The van der Waals surface area contributed by atoms with Gasteiger partial charge in [-0.1, -0.05) is 0 Å². The number of hydrogen-bond acceptors (Lipinski definition) is 0. The van der Waals surface area contributed by atoms with Crippen LogP contribution < -0.4 is 9.96 Å². The van der Waals surface area contributed by atoms with E-state index in [1.165, 1.54) is 27.8 Å². The first kappa shape index (κ1) is 27.1. The van der Waals surface area contributed by atoms with Crippen LogP contribution in [0.4, 0.5) is 0 Å². The third-order valence-electron chi connectivity index (χ3n) is 8.82. The molecule has 5 aromatic carbocycles. The summed E-state index contributed by atoms with van der Waals surface area (Å²) in [5.74, 6) is 0. The van der Waals surface area contributed by atoms with Crippen molar-refractivity contribution in [2.45, 2.75) is 10.1 Å². The van der Waals surface area contributed by atoms with E-state index in [1.54, 1.807) is 15.5 Å². The summed E-state index contributed by atoms with van der Waals surface area (Å²) >= 11 is -4.51. The molecule has 0 nitrogen and oxygen atoms in total. The van der Waals surface area contributed by atoms with Gasteiger partial charge in [0, 0.05) is 0 Å². The zero-order valence-electron chi connectivity index (χ0n) is 21.1. The maximum atomic E-state index is 2.55. The summed E-state index contributed by atoms with van der Waals surface area (Å²) in [6.45, 7) is 2.40. The van der Waals surface area contributed by atoms with Crippen molar-refractivity contribution in [2.75, 3.05) is 0 Å². The van der Waals surface area contributed by atoms with Crippen LogP contribution in [-0.4, -0.2) is 6.94 Å². The predicted molar refractivity (Wildman–Crippen MR) is 168 cm³/mol. The quantitative estimate of drug-likeness (QED) is 0.186. The Hall–Kier alpha value is -2.49. The molecule has 2 aliphatic rings. The molecule has 0 radical (unpaired) electrons. The standard InChI is InChI=1S/C13H9.C9H7.2C6H5.2ClH.Hf.H2Si/c1-3-7-12-10(5-1)9-11-6-2-4-8-13(11)12;1-2-5-9-7-3-6-8(9)4-1;2*1-2-4-6-5-3-1;;;;/h1-5,7-8H,9H2;1-7H;2*1-5H;2*1H;;1H2. The van der Waals surface area contributed by atoms with Crippen molar-refractivity contribution >= 4 is 47.8 Å². The van der Waals surface area contributed by atoms with Crippen LogP contribution in [-0.2, 0) is 23.5 Å². The molecular weight excluding hydrogens is 686 g/mol. The molecule has 7 rings (SSSR count). The summed E-state index contributed by atoms with van der Waals surface area (Å²) in [6, 6.07) is 48.4. The first-order valence-electron chi connectivity index (χ1n) is 12.8. The average molecular weight is 716 g/mol. The Kier molecular flexibility index (Phi) is 7.30. The van der Waals surface area contributed by atoms with Crippen LogP contribution in [0.5, 0.6) is 0 Å². The van der Waals surface area contributed by atoms with E-state index in [2.05, 4.69) is 146 Å². The van der Waals surface area contributed by atoms with Gasteiger partial charge in [0.15, 0.2) is 0 Å². The second-order valence-corrected chi connectivity index (χ2v) is 41.8. The summed E-state index contributed by atoms with van der Waals surface area (Å²) in [6.07, 6.45) is 5.95. The second kappa shape index (κ2) is 10.2. The Morgan fingerprint density at radius 2 is 1.16 bits per heavy atom. The van der Waals surface area contributed by atoms with E-state index < -0.39 is 17.1 Å². The van der Waals surface area contributed by atoms with Crippen molar-refractivity contribution in [2.24, 2.45) is 0 Å². The molecule has 0 N–H and O–H groups in total. The van der Waals surface area contributed by atoms with Gasteiger partial charge in [0.25, 0.3) is 0 Å². The van der Waals surface area contributed by atoms with E-state index >= 15 is 0 Å². The number of benzene rings is 5. The van der Waals surface area contributed by atoms with Crippen molar-refractivity contribution in [3.8, 4) is 11.1 Å². The molecule has 0 aromatic heterocycles. The molecule has 0 saturated heterocycles. The molecule has 0 aliphatic heterocycles.